The van der Waals surface area contributed by atoms with Gasteiger partial charge in [0.25, 0.3) is 0 Å². The van der Waals surface area contributed by atoms with Crippen molar-refractivity contribution >= 4 is 10.8 Å². The van der Waals surface area contributed by atoms with Crippen LogP contribution in [0, 0.1) is 0 Å². The molecule has 0 saturated heterocycles. The van der Waals surface area contributed by atoms with Gasteiger partial charge in [0.05, 0.1) is 6.10 Å². The highest BCUT2D eigenvalue weighted by Crippen LogP contribution is 2.20. The van der Waals surface area contributed by atoms with Crippen molar-refractivity contribution in [2.24, 2.45) is 0 Å². The van der Waals surface area contributed by atoms with Gasteiger partial charge in [-0.1, -0.05) is 42.5 Å². The number of fused-ring (bicyclic) bond motifs is 1. The first-order valence-electron chi connectivity index (χ1n) is 6.71. The summed E-state index contributed by atoms with van der Waals surface area (Å²) in [5, 5.41) is 15.9. The minimum Gasteiger partial charge on any atom is -0.387 e. The molecule has 0 aliphatic carbocycles. The van der Waals surface area contributed by atoms with Crippen molar-refractivity contribution < 1.29 is 5.11 Å². The Morgan fingerprint density at radius 2 is 1.95 bits per heavy atom. The number of benzene rings is 2. The van der Waals surface area contributed by atoms with Crippen LogP contribution in [0.2, 0.25) is 0 Å². The summed E-state index contributed by atoms with van der Waals surface area (Å²) in [5.74, 6) is 0. The lowest BCUT2D eigenvalue weighted by molar-refractivity contribution is 0.171. The Hall–Kier alpha value is -1.64. The Bertz CT molecular complexity index is 550. The van der Waals surface area contributed by atoms with Gasteiger partial charge < -0.3 is 10.4 Å². The summed E-state index contributed by atoms with van der Waals surface area (Å²) in [4.78, 5) is 0. The highest BCUT2D eigenvalue weighted by atomic mass is 16.3. The Balaban J connectivity index is 2.04. The van der Waals surface area contributed by atoms with Gasteiger partial charge in [0, 0.05) is 12.6 Å². The van der Waals surface area contributed by atoms with Gasteiger partial charge in [-0.25, -0.2) is 0 Å². The first kappa shape index (κ1) is 13.8. The van der Waals surface area contributed by atoms with E-state index in [1.807, 2.05) is 24.3 Å². The van der Waals surface area contributed by atoms with Gasteiger partial charge in [0.15, 0.2) is 0 Å². The molecule has 0 aromatic heterocycles. The van der Waals surface area contributed by atoms with Crippen molar-refractivity contribution in [2.45, 2.75) is 25.5 Å². The van der Waals surface area contributed by atoms with Gasteiger partial charge in [-0.2, -0.15) is 0 Å². The van der Waals surface area contributed by atoms with Crippen molar-refractivity contribution in [3.8, 4) is 0 Å². The molecule has 2 unspecified atom stereocenters. The molecule has 0 aliphatic rings. The summed E-state index contributed by atoms with van der Waals surface area (Å²) >= 11 is 0. The molecule has 2 aromatic carbocycles. The zero-order chi connectivity index (χ0) is 13.7. The van der Waals surface area contributed by atoms with Gasteiger partial charge in [0.2, 0.25) is 0 Å². The molecule has 2 rings (SSSR count). The predicted molar refractivity (Wildman–Crippen MR) is 81.2 cm³/mol. The van der Waals surface area contributed by atoms with E-state index >= 15 is 0 Å². The van der Waals surface area contributed by atoms with E-state index in [0.717, 1.165) is 17.4 Å². The highest BCUT2D eigenvalue weighted by Gasteiger charge is 2.09. The van der Waals surface area contributed by atoms with Gasteiger partial charge in [-0.3, -0.25) is 0 Å². The number of hydrogen-bond donors (Lipinski definition) is 2. The van der Waals surface area contributed by atoms with Crippen LogP contribution in [0.3, 0.4) is 0 Å². The number of hydrogen-bond acceptors (Lipinski definition) is 2. The lowest BCUT2D eigenvalue weighted by Gasteiger charge is -2.16. The second-order valence-electron chi connectivity index (χ2n) is 4.96. The van der Waals surface area contributed by atoms with Gasteiger partial charge in [0.1, 0.15) is 0 Å². The molecule has 2 atom stereocenters. The fourth-order valence-corrected chi connectivity index (χ4v) is 2.18. The van der Waals surface area contributed by atoms with E-state index in [2.05, 4.69) is 43.1 Å². The van der Waals surface area contributed by atoms with Crippen LogP contribution in [0.4, 0.5) is 0 Å². The van der Waals surface area contributed by atoms with E-state index < -0.39 is 6.10 Å². The standard InChI is InChI=1S/C17H21NO/c1-3-6-13(2)18-12-17(19)16-10-9-14-7-4-5-8-15(14)11-16/h3-5,7-11,13,17-19H,1,6,12H2,2H3. The second-order valence-corrected chi connectivity index (χ2v) is 4.96. The van der Waals surface area contributed by atoms with Crippen molar-refractivity contribution in [3.05, 3.63) is 60.7 Å². The summed E-state index contributed by atoms with van der Waals surface area (Å²) < 4.78 is 0. The highest BCUT2D eigenvalue weighted by molar-refractivity contribution is 5.83. The topological polar surface area (TPSA) is 32.3 Å². The summed E-state index contributed by atoms with van der Waals surface area (Å²) in [6, 6.07) is 14.6. The molecule has 0 spiro atoms. The average Bonchev–Trinajstić information content (AvgIpc) is 2.44. The van der Waals surface area contributed by atoms with Crippen LogP contribution in [-0.4, -0.2) is 17.7 Å². The van der Waals surface area contributed by atoms with E-state index in [4.69, 9.17) is 0 Å². The average molecular weight is 255 g/mol. The molecule has 0 fully saturated rings. The summed E-state index contributed by atoms with van der Waals surface area (Å²) in [6.07, 6.45) is 2.32. The van der Waals surface area contributed by atoms with E-state index in [-0.39, 0.29) is 0 Å². The number of nitrogens with one attached hydrogen (secondary N) is 1. The Kier molecular flexibility index (Phi) is 4.72. The van der Waals surface area contributed by atoms with Crippen LogP contribution in [0.25, 0.3) is 10.8 Å². The molecule has 2 nitrogen and oxygen atoms in total. The molecule has 100 valence electrons. The Labute approximate surface area is 114 Å². The minimum absolute atomic E-state index is 0.340. The lowest BCUT2D eigenvalue weighted by Crippen LogP contribution is -2.29. The van der Waals surface area contributed by atoms with Crippen molar-refractivity contribution in [2.75, 3.05) is 6.54 Å². The third-order valence-electron chi connectivity index (χ3n) is 3.34. The quantitative estimate of drug-likeness (QED) is 0.775. The predicted octanol–water partition coefficient (Wildman–Crippen LogP) is 3.43. The maximum Gasteiger partial charge on any atom is 0.0914 e. The summed E-state index contributed by atoms with van der Waals surface area (Å²) in [6.45, 7) is 6.37. The molecular weight excluding hydrogens is 234 g/mol. The Morgan fingerprint density at radius 1 is 1.21 bits per heavy atom. The summed E-state index contributed by atoms with van der Waals surface area (Å²) in [7, 11) is 0. The lowest BCUT2D eigenvalue weighted by atomic mass is 10.0. The second kappa shape index (κ2) is 6.50. The van der Waals surface area contributed by atoms with Crippen molar-refractivity contribution in [1.82, 2.24) is 5.32 Å². The molecule has 2 heteroatoms. The number of aliphatic hydroxyl groups excluding tert-OH is 1. The van der Waals surface area contributed by atoms with E-state index in [0.29, 0.717) is 12.6 Å². The fourth-order valence-electron chi connectivity index (χ4n) is 2.18. The SMILES string of the molecule is C=CCC(C)NCC(O)c1ccc2ccccc2c1. The monoisotopic (exact) mass is 255 g/mol. The maximum atomic E-state index is 10.2. The first-order valence-corrected chi connectivity index (χ1v) is 6.71. The van der Waals surface area contributed by atoms with E-state index in [1.165, 1.54) is 5.39 Å². The van der Waals surface area contributed by atoms with Gasteiger partial charge >= 0.3 is 0 Å². The number of aliphatic hydroxyl groups is 1. The minimum atomic E-state index is -0.475. The first-order chi connectivity index (χ1) is 9.20. The molecule has 0 aliphatic heterocycles. The molecule has 0 saturated carbocycles. The van der Waals surface area contributed by atoms with Crippen molar-refractivity contribution in [1.29, 1.82) is 0 Å². The third kappa shape index (κ3) is 3.66. The molecule has 2 aromatic rings. The fraction of sp³-hybridized carbons (Fsp3) is 0.294. The Morgan fingerprint density at radius 3 is 2.68 bits per heavy atom. The molecule has 0 bridgehead atoms. The van der Waals surface area contributed by atoms with Gasteiger partial charge in [-0.05, 0) is 35.7 Å². The molecule has 19 heavy (non-hydrogen) atoms. The van der Waals surface area contributed by atoms with E-state index in [1.54, 1.807) is 0 Å². The van der Waals surface area contributed by atoms with Crippen LogP contribution >= 0.6 is 0 Å². The van der Waals surface area contributed by atoms with Crippen LogP contribution in [0.5, 0.6) is 0 Å². The zero-order valence-corrected chi connectivity index (χ0v) is 11.3. The molecule has 2 N–H and O–H groups in total. The number of rotatable bonds is 6. The van der Waals surface area contributed by atoms with Crippen LogP contribution in [-0.2, 0) is 0 Å². The van der Waals surface area contributed by atoms with Crippen LogP contribution < -0.4 is 5.32 Å². The van der Waals surface area contributed by atoms with Gasteiger partial charge in [-0.15, -0.1) is 6.58 Å². The smallest absolute Gasteiger partial charge is 0.0914 e. The maximum absolute atomic E-state index is 10.2. The van der Waals surface area contributed by atoms with Crippen LogP contribution in [0.15, 0.2) is 55.1 Å². The molecule has 0 radical (unpaired) electrons. The largest absolute Gasteiger partial charge is 0.387 e. The zero-order valence-electron chi connectivity index (χ0n) is 11.3. The normalized spacial score (nSPS) is 14.2. The van der Waals surface area contributed by atoms with Crippen molar-refractivity contribution in [3.63, 3.8) is 0 Å². The van der Waals surface area contributed by atoms with E-state index in [9.17, 15) is 5.11 Å². The molecule has 0 heterocycles. The summed E-state index contributed by atoms with van der Waals surface area (Å²) in [5.41, 5.74) is 0.956. The third-order valence-corrected chi connectivity index (χ3v) is 3.34. The molecule has 0 amide bonds. The van der Waals surface area contributed by atoms with Crippen LogP contribution in [0.1, 0.15) is 25.0 Å². The molecular formula is C17H21NO.